The molecule has 2 fully saturated rings. The lowest BCUT2D eigenvalue weighted by atomic mass is 9.99. The van der Waals surface area contributed by atoms with Crippen molar-refractivity contribution in [2.45, 2.75) is 24.9 Å². The van der Waals surface area contributed by atoms with Gasteiger partial charge in [-0.25, -0.2) is 0 Å². The second kappa shape index (κ2) is 3.22. The summed E-state index contributed by atoms with van der Waals surface area (Å²) in [6, 6.07) is 5.76. The van der Waals surface area contributed by atoms with Crippen LogP contribution in [-0.2, 0) is 5.60 Å². The third kappa shape index (κ3) is 1.31. The van der Waals surface area contributed by atoms with Gasteiger partial charge in [0.1, 0.15) is 0 Å². The van der Waals surface area contributed by atoms with Crippen LogP contribution in [0.3, 0.4) is 0 Å². The highest BCUT2D eigenvalue weighted by Crippen LogP contribution is 2.67. The van der Waals surface area contributed by atoms with E-state index in [-0.39, 0.29) is 0 Å². The molecule has 0 radical (unpaired) electrons. The van der Waals surface area contributed by atoms with Gasteiger partial charge >= 0.3 is 0 Å². The molecule has 1 N–H and O–H groups in total. The molecule has 0 amide bonds. The topological polar surface area (TPSA) is 20.2 Å². The molecule has 2 unspecified atom stereocenters. The summed E-state index contributed by atoms with van der Waals surface area (Å²) in [6.07, 6.45) is 3.55. The lowest BCUT2D eigenvalue weighted by molar-refractivity contribution is 0.105. The molecule has 80 valence electrons. The summed E-state index contributed by atoms with van der Waals surface area (Å²) in [4.78, 5) is 0. The van der Waals surface area contributed by atoms with Gasteiger partial charge in [0.2, 0.25) is 0 Å². The summed E-state index contributed by atoms with van der Waals surface area (Å²) < 4.78 is 0.964. The van der Waals surface area contributed by atoms with Crippen LogP contribution in [0, 0.1) is 11.8 Å². The van der Waals surface area contributed by atoms with E-state index in [1.165, 1.54) is 6.42 Å². The number of halogens is 2. The fourth-order valence-corrected chi connectivity index (χ4v) is 3.96. The van der Waals surface area contributed by atoms with Crippen molar-refractivity contribution < 1.29 is 5.11 Å². The lowest BCUT2D eigenvalue weighted by Gasteiger charge is -2.16. The minimum Gasteiger partial charge on any atom is -0.385 e. The Morgan fingerprint density at radius 3 is 2.60 bits per heavy atom. The summed E-state index contributed by atoms with van der Waals surface area (Å²) in [7, 11) is 0. The van der Waals surface area contributed by atoms with Gasteiger partial charge in [-0.15, -0.1) is 0 Å². The highest BCUT2D eigenvalue weighted by Gasteiger charge is 2.66. The fourth-order valence-electron chi connectivity index (χ4n) is 3.14. The second-order valence-corrected chi connectivity index (χ2v) is 5.92. The van der Waals surface area contributed by atoms with E-state index in [9.17, 15) is 5.11 Å². The molecule has 1 nitrogen and oxygen atoms in total. The van der Waals surface area contributed by atoms with Gasteiger partial charge in [-0.1, -0.05) is 40.0 Å². The zero-order chi connectivity index (χ0) is 10.6. The largest absolute Gasteiger partial charge is 0.385 e. The number of hydrogen-bond donors (Lipinski definition) is 1. The van der Waals surface area contributed by atoms with Crippen LogP contribution in [0.2, 0.25) is 5.02 Å². The maximum atomic E-state index is 10.6. The Labute approximate surface area is 103 Å². The summed E-state index contributed by atoms with van der Waals surface area (Å²) in [5.41, 5.74) is 0.304. The number of fused-ring (bicyclic) bond motifs is 1. The Hall–Kier alpha value is -0.0500. The third-order valence-corrected chi connectivity index (χ3v) is 4.71. The van der Waals surface area contributed by atoms with E-state index in [2.05, 4.69) is 15.9 Å². The van der Waals surface area contributed by atoms with Crippen molar-refractivity contribution >= 4 is 27.5 Å². The van der Waals surface area contributed by atoms with E-state index in [0.29, 0.717) is 16.9 Å². The number of hydrogen-bond acceptors (Lipinski definition) is 1. The summed E-state index contributed by atoms with van der Waals surface area (Å²) in [5.74, 6) is 0.910. The van der Waals surface area contributed by atoms with Crippen molar-refractivity contribution in [2.75, 3.05) is 0 Å². The summed E-state index contributed by atoms with van der Waals surface area (Å²) in [5, 5.41) is 11.2. The van der Waals surface area contributed by atoms with Gasteiger partial charge in [0, 0.05) is 15.1 Å². The molecular formula is C12H12BrClO. The normalized spacial score (nSPS) is 37.8. The van der Waals surface area contributed by atoms with Crippen LogP contribution in [0.4, 0.5) is 0 Å². The first-order chi connectivity index (χ1) is 7.14. The minimum absolute atomic E-state index is 0.455. The van der Waals surface area contributed by atoms with Crippen molar-refractivity contribution in [3.63, 3.8) is 0 Å². The Kier molecular flexibility index (Phi) is 2.17. The van der Waals surface area contributed by atoms with Crippen LogP contribution in [-0.4, -0.2) is 5.11 Å². The van der Waals surface area contributed by atoms with Crippen LogP contribution >= 0.6 is 27.5 Å². The average molecular weight is 288 g/mol. The van der Waals surface area contributed by atoms with Crippen LogP contribution in [0.25, 0.3) is 0 Å². The molecule has 2 aliphatic carbocycles. The van der Waals surface area contributed by atoms with E-state index < -0.39 is 5.60 Å². The smallest absolute Gasteiger partial charge is 0.0974 e. The van der Waals surface area contributed by atoms with E-state index in [1.54, 1.807) is 0 Å². The zero-order valence-corrected chi connectivity index (χ0v) is 10.6. The predicted molar refractivity (Wildman–Crippen MR) is 63.9 cm³/mol. The van der Waals surface area contributed by atoms with Crippen molar-refractivity contribution in [3.05, 3.63) is 33.3 Å². The van der Waals surface area contributed by atoms with Gasteiger partial charge in [0.05, 0.1) is 5.60 Å². The molecule has 3 rings (SSSR count). The van der Waals surface area contributed by atoms with Crippen LogP contribution in [0.5, 0.6) is 0 Å². The van der Waals surface area contributed by atoms with Gasteiger partial charge in [0.15, 0.2) is 0 Å². The summed E-state index contributed by atoms with van der Waals surface area (Å²) in [6.45, 7) is 0. The first kappa shape index (κ1) is 10.1. The molecule has 0 heterocycles. The Bertz CT molecular complexity index is 408. The predicted octanol–water partition coefficient (Wildman–Crippen LogP) is 3.72. The molecule has 1 aromatic rings. The average Bonchev–Trinajstić information content (AvgIpc) is 2.63. The monoisotopic (exact) mass is 286 g/mol. The van der Waals surface area contributed by atoms with Crippen LogP contribution in [0.1, 0.15) is 24.8 Å². The maximum absolute atomic E-state index is 10.6. The van der Waals surface area contributed by atoms with Gasteiger partial charge in [-0.2, -0.15) is 0 Å². The van der Waals surface area contributed by atoms with Crippen molar-refractivity contribution in [1.82, 2.24) is 0 Å². The number of benzene rings is 1. The fraction of sp³-hybridized carbons (Fsp3) is 0.500. The molecule has 2 aliphatic rings. The Morgan fingerprint density at radius 1 is 1.33 bits per heavy atom. The molecule has 2 atom stereocenters. The summed E-state index contributed by atoms with van der Waals surface area (Å²) >= 11 is 9.55. The molecule has 0 bridgehead atoms. The molecule has 1 aromatic carbocycles. The highest BCUT2D eigenvalue weighted by molar-refractivity contribution is 9.10. The van der Waals surface area contributed by atoms with E-state index >= 15 is 0 Å². The first-order valence-corrected chi connectivity index (χ1v) is 6.49. The molecule has 3 heteroatoms. The van der Waals surface area contributed by atoms with Crippen molar-refractivity contribution in [1.29, 1.82) is 0 Å². The standard InChI is InChI=1S/C12H12BrClO/c13-7-4-5-10(11(14)6-7)12(15)8-2-1-3-9(8)12/h4-6,8-9,15H,1-3H2. The molecule has 0 aliphatic heterocycles. The van der Waals surface area contributed by atoms with Gasteiger partial charge < -0.3 is 5.11 Å². The van der Waals surface area contributed by atoms with Crippen molar-refractivity contribution in [3.8, 4) is 0 Å². The SMILES string of the molecule is OC1(c2ccc(Br)cc2Cl)C2CCCC21. The maximum Gasteiger partial charge on any atom is 0.0974 e. The first-order valence-electron chi connectivity index (χ1n) is 5.32. The molecule has 0 spiro atoms. The van der Waals surface area contributed by atoms with Gasteiger partial charge in [-0.05, 0) is 36.8 Å². The number of rotatable bonds is 1. The lowest BCUT2D eigenvalue weighted by Crippen LogP contribution is -2.13. The van der Waals surface area contributed by atoms with Gasteiger partial charge in [0.25, 0.3) is 0 Å². The van der Waals surface area contributed by atoms with Crippen LogP contribution < -0.4 is 0 Å². The van der Waals surface area contributed by atoms with E-state index in [0.717, 1.165) is 22.9 Å². The number of aliphatic hydroxyl groups is 1. The second-order valence-electron chi connectivity index (χ2n) is 4.59. The quantitative estimate of drug-likeness (QED) is 0.834. The molecule has 0 saturated heterocycles. The zero-order valence-electron chi connectivity index (χ0n) is 8.21. The minimum atomic E-state index is -0.615. The third-order valence-electron chi connectivity index (χ3n) is 3.90. The molecular weight excluding hydrogens is 275 g/mol. The molecule has 0 aromatic heterocycles. The highest BCUT2D eigenvalue weighted by atomic mass is 79.9. The Balaban J connectivity index is 2.00. The van der Waals surface area contributed by atoms with E-state index in [4.69, 9.17) is 11.6 Å². The van der Waals surface area contributed by atoms with E-state index in [1.807, 2.05) is 18.2 Å². The molecule has 2 saturated carbocycles. The van der Waals surface area contributed by atoms with Crippen LogP contribution in [0.15, 0.2) is 22.7 Å². The Morgan fingerprint density at radius 2 is 2.00 bits per heavy atom. The van der Waals surface area contributed by atoms with Gasteiger partial charge in [-0.3, -0.25) is 0 Å². The van der Waals surface area contributed by atoms with Crippen molar-refractivity contribution in [2.24, 2.45) is 11.8 Å². The molecule has 15 heavy (non-hydrogen) atoms.